The molecule has 1 fully saturated rings. The SMILES string of the molecule is O=C(c1c(Cl)cccc1Cl)N1CCCCCC1CBr. The number of likely N-dealkylation sites (tertiary alicyclic amines) is 1. The normalized spacial score (nSPS) is 20.2. The fourth-order valence-electron chi connectivity index (χ4n) is 2.45. The van der Waals surface area contributed by atoms with E-state index < -0.39 is 0 Å². The zero-order valence-corrected chi connectivity index (χ0v) is 13.6. The number of benzene rings is 1. The van der Waals surface area contributed by atoms with Gasteiger partial charge in [0.2, 0.25) is 0 Å². The van der Waals surface area contributed by atoms with Gasteiger partial charge in [-0.25, -0.2) is 0 Å². The second kappa shape index (κ2) is 6.96. The molecule has 0 saturated carbocycles. The molecule has 0 bridgehead atoms. The highest BCUT2D eigenvalue weighted by atomic mass is 79.9. The molecule has 2 nitrogen and oxygen atoms in total. The molecule has 104 valence electrons. The van der Waals surface area contributed by atoms with E-state index in [9.17, 15) is 4.79 Å². The first kappa shape index (κ1) is 15.1. The fraction of sp³-hybridized carbons (Fsp3) is 0.500. The third-order valence-corrected chi connectivity index (χ3v) is 4.87. The lowest BCUT2D eigenvalue weighted by molar-refractivity contribution is 0.0702. The van der Waals surface area contributed by atoms with Gasteiger partial charge in [-0.15, -0.1) is 0 Å². The Hall–Kier alpha value is -0.250. The zero-order chi connectivity index (χ0) is 13.8. The quantitative estimate of drug-likeness (QED) is 0.692. The Morgan fingerprint density at radius 3 is 2.58 bits per heavy atom. The molecule has 1 heterocycles. The molecule has 1 unspecified atom stereocenters. The maximum Gasteiger partial charge on any atom is 0.257 e. The number of rotatable bonds is 2. The van der Waals surface area contributed by atoms with E-state index in [0.29, 0.717) is 15.6 Å². The summed E-state index contributed by atoms with van der Waals surface area (Å²) < 4.78 is 0. The lowest BCUT2D eigenvalue weighted by Crippen LogP contribution is -2.41. The number of carbonyl (C=O) groups excluding carboxylic acids is 1. The first-order valence-corrected chi connectivity index (χ1v) is 8.34. The second-order valence-corrected chi connectivity index (χ2v) is 6.21. The number of hydrogen-bond acceptors (Lipinski definition) is 1. The summed E-state index contributed by atoms with van der Waals surface area (Å²) in [5.41, 5.74) is 0.429. The van der Waals surface area contributed by atoms with Gasteiger partial charge in [-0.1, -0.05) is 58.0 Å². The smallest absolute Gasteiger partial charge is 0.257 e. The Morgan fingerprint density at radius 2 is 1.95 bits per heavy atom. The van der Waals surface area contributed by atoms with Gasteiger partial charge in [-0.3, -0.25) is 4.79 Å². The molecule has 1 aromatic carbocycles. The largest absolute Gasteiger partial charge is 0.335 e. The van der Waals surface area contributed by atoms with E-state index in [1.54, 1.807) is 18.2 Å². The molecule has 0 aromatic heterocycles. The summed E-state index contributed by atoms with van der Waals surface area (Å²) >= 11 is 15.8. The van der Waals surface area contributed by atoms with Crippen molar-refractivity contribution in [1.29, 1.82) is 0 Å². The predicted octanol–water partition coefficient (Wildman–Crippen LogP) is 4.77. The minimum atomic E-state index is -0.0537. The number of nitrogens with zero attached hydrogens (tertiary/aromatic N) is 1. The van der Waals surface area contributed by atoms with Crippen molar-refractivity contribution in [1.82, 2.24) is 4.90 Å². The Kier molecular flexibility index (Phi) is 5.55. The second-order valence-electron chi connectivity index (χ2n) is 4.75. The van der Waals surface area contributed by atoms with E-state index in [2.05, 4.69) is 15.9 Å². The summed E-state index contributed by atoms with van der Waals surface area (Å²) in [6.45, 7) is 0.774. The summed E-state index contributed by atoms with van der Waals surface area (Å²) in [5, 5.41) is 1.64. The van der Waals surface area contributed by atoms with Crippen LogP contribution in [0.25, 0.3) is 0 Å². The minimum Gasteiger partial charge on any atom is -0.335 e. The van der Waals surface area contributed by atoms with Crippen LogP contribution in [0.4, 0.5) is 0 Å². The molecule has 0 N–H and O–H groups in total. The van der Waals surface area contributed by atoms with Crippen molar-refractivity contribution >= 4 is 45.0 Å². The van der Waals surface area contributed by atoms with E-state index in [0.717, 1.165) is 31.1 Å². The molecule has 1 amide bonds. The van der Waals surface area contributed by atoms with Gasteiger partial charge in [0.05, 0.1) is 15.6 Å². The predicted molar refractivity (Wildman–Crippen MR) is 83.5 cm³/mol. The topological polar surface area (TPSA) is 20.3 Å². The highest BCUT2D eigenvalue weighted by Crippen LogP contribution is 2.28. The van der Waals surface area contributed by atoms with Gasteiger partial charge >= 0.3 is 0 Å². The maximum absolute atomic E-state index is 12.7. The van der Waals surface area contributed by atoms with Crippen LogP contribution in [0.5, 0.6) is 0 Å². The molecular formula is C14H16BrCl2NO. The van der Waals surface area contributed by atoms with E-state index >= 15 is 0 Å². The molecular weight excluding hydrogens is 349 g/mol. The van der Waals surface area contributed by atoms with Crippen LogP contribution in [0, 0.1) is 0 Å². The molecule has 1 saturated heterocycles. The van der Waals surface area contributed by atoms with Crippen molar-refractivity contribution in [3.05, 3.63) is 33.8 Å². The molecule has 0 spiro atoms. The molecule has 0 radical (unpaired) electrons. The Bertz CT molecular complexity index is 447. The van der Waals surface area contributed by atoms with Crippen molar-refractivity contribution in [2.45, 2.75) is 31.7 Å². The highest BCUT2D eigenvalue weighted by Gasteiger charge is 2.28. The lowest BCUT2D eigenvalue weighted by atomic mass is 10.1. The van der Waals surface area contributed by atoms with Crippen LogP contribution in [0.3, 0.4) is 0 Å². The molecule has 19 heavy (non-hydrogen) atoms. The van der Waals surface area contributed by atoms with Gasteiger partial charge in [-0.05, 0) is 25.0 Å². The van der Waals surface area contributed by atoms with Crippen LogP contribution in [0.15, 0.2) is 18.2 Å². The Balaban J connectivity index is 2.30. The number of hydrogen-bond donors (Lipinski definition) is 0. The van der Waals surface area contributed by atoms with Crippen LogP contribution in [0.2, 0.25) is 10.0 Å². The Morgan fingerprint density at radius 1 is 1.26 bits per heavy atom. The summed E-state index contributed by atoms with van der Waals surface area (Å²) in [7, 11) is 0. The number of carbonyl (C=O) groups is 1. The molecule has 1 aliphatic heterocycles. The van der Waals surface area contributed by atoms with Gasteiger partial charge < -0.3 is 4.90 Å². The molecule has 5 heteroatoms. The third kappa shape index (κ3) is 3.45. The zero-order valence-electron chi connectivity index (χ0n) is 10.5. The van der Waals surface area contributed by atoms with Gasteiger partial charge in [0, 0.05) is 17.9 Å². The maximum atomic E-state index is 12.7. The average Bonchev–Trinajstić information content (AvgIpc) is 2.63. The van der Waals surface area contributed by atoms with Crippen molar-refractivity contribution in [2.24, 2.45) is 0 Å². The van der Waals surface area contributed by atoms with Crippen LogP contribution in [-0.2, 0) is 0 Å². The molecule has 1 atom stereocenters. The van der Waals surface area contributed by atoms with Crippen molar-refractivity contribution in [2.75, 3.05) is 11.9 Å². The Labute approximate surface area is 132 Å². The molecule has 2 rings (SSSR count). The van der Waals surface area contributed by atoms with E-state index in [-0.39, 0.29) is 11.9 Å². The fourth-order valence-corrected chi connectivity index (χ4v) is 3.68. The third-order valence-electron chi connectivity index (χ3n) is 3.49. The highest BCUT2D eigenvalue weighted by molar-refractivity contribution is 9.09. The van der Waals surface area contributed by atoms with Gasteiger partial charge in [0.1, 0.15) is 0 Å². The van der Waals surface area contributed by atoms with E-state index in [1.807, 2.05) is 4.90 Å². The van der Waals surface area contributed by atoms with Crippen molar-refractivity contribution in [3.63, 3.8) is 0 Å². The molecule has 0 aliphatic carbocycles. The number of amides is 1. The lowest BCUT2D eigenvalue weighted by Gasteiger charge is -2.29. The molecule has 1 aliphatic rings. The van der Waals surface area contributed by atoms with E-state index in [1.165, 1.54) is 6.42 Å². The first-order valence-electron chi connectivity index (χ1n) is 6.46. The van der Waals surface area contributed by atoms with Crippen LogP contribution in [0.1, 0.15) is 36.0 Å². The van der Waals surface area contributed by atoms with Crippen LogP contribution < -0.4 is 0 Å². The standard InChI is InChI=1S/C14H16BrCl2NO/c15-9-10-5-2-1-3-8-18(10)14(19)13-11(16)6-4-7-12(13)17/h4,6-7,10H,1-3,5,8-9H2. The minimum absolute atomic E-state index is 0.0537. The summed E-state index contributed by atoms with van der Waals surface area (Å²) in [5.74, 6) is -0.0537. The van der Waals surface area contributed by atoms with Gasteiger partial charge in [-0.2, -0.15) is 0 Å². The summed E-state index contributed by atoms with van der Waals surface area (Å²) in [4.78, 5) is 14.6. The van der Waals surface area contributed by atoms with E-state index in [4.69, 9.17) is 23.2 Å². The van der Waals surface area contributed by atoms with Crippen molar-refractivity contribution < 1.29 is 4.79 Å². The van der Waals surface area contributed by atoms with Crippen LogP contribution >= 0.6 is 39.1 Å². The number of alkyl halides is 1. The van der Waals surface area contributed by atoms with Crippen LogP contribution in [-0.4, -0.2) is 28.7 Å². The van der Waals surface area contributed by atoms with Gasteiger partial charge in [0.25, 0.3) is 5.91 Å². The number of halogens is 3. The summed E-state index contributed by atoms with van der Waals surface area (Å²) in [6.07, 6.45) is 4.40. The first-order chi connectivity index (χ1) is 9.15. The molecule has 1 aromatic rings. The monoisotopic (exact) mass is 363 g/mol. The van der Waals surface area contributed by atoms with Crippen molar-refractivity contribution in [3.8, 4) is 0 Å². The average molecular weight is 365 g/mol. The van der Waals surface area contributed by atoms with Gasteiger partial charge in [0.15, 0.2) is 0 Å². The summed E-state index contributed by atoms with van der Waals surface area (Å²) in [6, 6.07) is 5.40.